The molecule has 8 heteroatoms. The summed E-state index contributed by atoms with van der Waals surface area (Å²) in [5.41, 5.74) is 1.35. The lowest BCUT2D eigenvalue weighted by Crippen LogP contribution is -2.43. The molecule has 3 rings (SSSR count). The smallest absolute Gasteiger partial charge is 0.303 e. The Hall–Kier alpha value is -3.55. The van der Waals surface area contributed by atoms with E-state index < -0.39 is 11.9 Å². The number of hydrogen-bond donors (Lipinski definition) is 3. The number of carbonyl (C=O) groups excluding carboxylic acids is 2. The Morgan fingerprint density at radius 1 is 1.03 bits per heavy atom. The van der Waals surface area contributed by atoms with Gasteiger partial charge in [-0.2, -0.15) is 0 Å². The number of carboxylic acids is 1. The third-order valence-electron chi connectivity index (χ3n) is 4.44. The maximum absolute atomic E-state index is 12.3. The highest BCUT2D eigenvalue weighted by molar-refractivity contribution is 5.97. The Labute approximate surface area is 167 Å². The monoisotopic (exact) mass is 398 g/mol. The highest BCUT2D eigenvalue weighted by atomic mass is 16.7. The van der Waals surface area contributed by atoms with Crippen molar-refractivity contribution in [2.45, 2.75) is 25.3 Å². The van der Waals surface area contributed by atoms with Crippen LogP contribution in [-0.2, 0) is 16.0 Å². The molecule has 2 amide bonds. The van der Waals surface area contributed by atoms with Gasteiger partial charge in [0.1, 0.15) is 0 Å². The molecular formula is C21H22N2O6. The van der Waals surface area contributed by atoms with E-state index in [1.165, 1.54) is 0 Å². The third-order valence-corrected chi connectivity index (χ3v) is 4.44. The van der Waals surface area contributed by atoms with Crippen LogP contribution in [0.2, 0.25) is 0 Å². The van der Waals surface area contributed by atoms with E-state index in [2.05, 4.69) is 10.6 Å². The molecule has 152 valence electrons. The van der Waals surface area contributed by atoms with Gasteiger partial charge >= 0.3 is 5.97 Å². The van der Waals surface area contributed by atoms with Crippen molar-refractivity contribution in [3.05, 3.63) is 59.7 Å². The van der Waals surface area contributed by atoms with Gasteiger partial charge in [-0.05, 0) is 36.6 Å². The zero-order chi connectivity index (χ0) is 20.6. The molecule has 29 heavy (non-hydrogen) atoms. The minimum absolute atomic E-state index is 0.0542. The summed E-state index contributed by atoms with van der Waals surface area (Å²) in [6.45, 7) is -0.104. The van der Waals surface area contributed by atoms with Crippen LogP contribution in [0.15, 0.2) is 48.5 Å². The summed E-state index contributed by atoms with van der Waals surface area (Å²) in [5.74, 6) is -0.664. The number of carboxylic acid groups (broad SMARTS) is 1. The van der Waals surface area contributed by atoms with Crippen LogP contribution in [0.1, 0.15) is 28.8 Å². The molecule has 0 saturated heterocycles. The summed E-state index contributed by atoms with van der Waals surface area (Å²) in [6.07, 6.45) is 0.753. The van der Waals surface area contributed by atoms with E-state index in [1.807, 2.05) is 30.3 Å². The van der Waals surface area contributed by atoms with Crippen LogP contribution in [0.4, 0.5) is 0 Å². The number of fused-ring (bicyclic) bond motifs is 1. The molecule has 8 nitrogen and oxygen atoms in total. The van der Waals surface area contributed by atoms with Crippen LogP contribution in [0.5, 0.6) is 11.5 Å². The molecule has 0 saturated carbocycles. The van der Waals surface area contributed by atoms with Gasteiger partial charge in [-0.15, -0.1) is 0 Å². The number of hydrogen-bond acceptors (Lipinski definition) is 5. The second-order valence-corrected chi connectivity index (χ2v) is 6.64. The zero-order valence-corrected chi connectivity index (χ0v) is 15.7. The van der Waals surface area contributed by atoms with Gasteiger partial charge in [0.15, 0.2) is 11.5 Å². The number of carbonyl (C=O) groups is 3. The molecule has 1 unspecified atom stereocenters. The fourth-order valence-electron chi connectivity index (χ4n) is 3.00. The van der Waals surface area contributed by atoms with Crippen molar-refractivity contribution in [2.75, 3.05) is 13.3 Å². The second-order valence-electron chi connectivity index (χ2n) is 6.64. The standard InChI is InChI=1S/C21H22N2O6/c24-19(12-22-21(27)15-6-8-17-18(11-15)29-13-28-17)23-16(7-9-20(25)26)10-14-4-2-1-3-5-14/h1-6,8,11,16H,7,9-10,12-13H2,(H,22,27)(H,23,24)(H,25,26). The van der Waals surface area contributed by atoms with Crippen LogP contribution in [0.25, 0.3) is 0 Å². The van der Waals surface area contributed by atoms with Crippen molar-refractivity contribution in [3.8, 4) is 11.5 Å². The number of nitrogens with one attached hydrogen (secondary N) is 2. The largest absolute Gasteiger partial charge is 0.481 e. The normalized spacial score (nSPS) is 12.8. The molecule has 0 aromatic heterocycles. The van der Waals surface area contributed by atoms with Crippen LogP contribution < -0.4 is 20.1 Å². The molecule has 1 aliphatic heterocycles. The number of aliphatic carboxylic acids is 1. The lowest BCUT2D eigenvalue weighted by molar-refractivity contribution is -0.137. The maximum atomic E-state index is 12.3. The highest BCUT2D eigenvalue weighted by Gasteiger charge is 2.18. The van der Waals surface area contributed by atoms with Crippen molar-refractivity contribution in [2.24, 2.45) is 0 Å². The maximum Gasteiger partial charge on any atom is 0.303 e. The minimum Gasteiger partial charge on any atom is -0.481 e. The summed E-state index contributed by atoms with van der Waals surface area (Å²) in [7, 11) is 0. The fraction of sp³-hybridized carbons (Fsp3) is 0.286. The molecule has 0 bridgehead atoms. The molecule has 1 atom stereocenters. The minimum atomic E-state index is -0.923. The van der Waals surface area contributed by atoms with E-state index in [9.17, 15) is 14.4 Å². The highest BCUT2D eigenvalue weighted by Crippen LogP contribution is 2.32. The lowest BCUT2D eigenvalue weighted by Gasteiger charge is -2.18. The van der Waals surface area contributed by atoms with Gasteiger partial charge < -0.3 is 25.2 Å². The molecule has 0 aliphatic carbocycles. The molecule has 0 fully saturated rings. The van der Waals surface area contributed by atoms with Gasteiger partial charge in [-0.3, -0.25) is 14.4 Å². The Bertz CT molecular complexity index is 884. The van der Waals surface area contributed by atoms with Gasteiger partial charge in [0.2, 0.25) is 12.7 Å². The summed E-state index contributed by atoms with van der Waals surface area (Å²) < 4.78 is 10.4. The zero-order valence-electron chi connectivity index (χ0n) is 15.7. The number of rotatable bonds is 9. The fourth-order valence-corrected chi connectivity index (χ4v) is 3.00. The number of benzene rings is 2. The predicted octanol–water partition coefficient (Wildman–Crippen LogP) is 1.74. The first-order valence-electron chi connectivity index (χ1n) is 9.24. The van der Waals surface area contributed by atoms with Crippen LogP contribution in [0, 0.1) is 0 Å². The Morgan fingerprint density at radius 3 is 2.55 bits per heavy atom. The molecule has 0 spiro atoms. The molecule has 2 aromatic rings. The van der Waals surface area contributed by atoms with Crippen molar-refractivity contribution >= 4 is 17.8 Å². The van der Waals surface area contributed by atoms with Crippen LogP contribution in [0.3, 0.4) is 0 Å². The van der Waals surface area contributed by atoms with Crippen LogP contribution >= 0.6 is 0 Å². The van der Waals surface area contributed by atoms with Gasteiger partial charge in [0.05, 0.1) is 6.54 Å². The van der Waals surface area contributed by atoms with Crippen molar-refractivity contribution in [1.82, 2.24) is 10.6 Å². The Balaban J connectivity index is 1.53. The molecule has 0 radical (unpaired) electrons. The van der Waals surface area contributed by atoms with E-state index in [4.69, 9.17) is 14.6 Å². The molecular weight excluding hydrogens is 376 g/mol. The first kappa shape index (κ1) is 20.2. The van der Waals surface area contributed by atoms with E-state index in [1.54, 1.807) is 18.2 Å². The predicted molar refractivity (Wildman–Crippen MR) is 104 cm³/mol. The van der Waals surface area contributed by atoms with Crippen LogP contribution in [-0.4, -0.2) is 42.3 Å². The Morgan fingerprint density at radius 2 is 1.79 bits per heavy atom. The summed E-state index contributed by atoms with van der Waals surface area (Å²) >= 11 is 0. The van der Waals surface area contributed by atoms with Gasteiger partial charge in [0.25, 0.3) is 5.91 Å². The summed E-state index contributed by atoms with van der Waals surface area (Å²) in [4.78, 5) is 35.5. The molecule has 2 aromatic carbocycles. The Kier molecular flexibility index (Phi) is 6.67. The SMILES string of the molecule is O=C(O)CCC(Cc1ccccc1)NC(=O)CNC(=O)c1ccc2c(c1)OCO2. The van der Waals surface area contributed by atoms with Crippen molar-refractivity contribution < 1.29 is 29.0 Å². The van der Waals surface area contributed by atoms with Crippen molar-refractivity contribution in [3.63, 3.8) is 0 Å². The topological polar surface area (TPSA) is 114 Å². The molecule has 3 N–H and O–H groups in total. The average Bonchev–Trinajstić information content (AvgIpc) is 3.19. The quantitative estimate of drug-likeness (QED) is 0.593. The molecule has 1 aliphatic rings. The van der Waals surface area contributed by atoms with Gasteiger partial charge in [0, 0.05) is 18.0 Å². The van der Waals surface area contributed by atoms with Gasteiger partial charge in [-0.1, -0.05) is 30.3 Å². The summed E-state index contributed by atoms with van der Waals surface area (Å²) in [6, 6.07) is 13.9. The molecule has 1 heterocycles. The van der Waals surface area contributed by atoms with E-state index in [-0.39, 0.29) is 31.7 Å². The number of amides is 2. The lowest BCUT2D eigenvalue weighted by atomic mass is 10.0. The third kappa shape index (κ3) is 5.97. The van der Waals surface area contributed by atoms with Crippen molar-refractivity contribution in [1.29, 1.82) is 0 Å². The van der Waals surface area contributed by atoms with E-state index in [0.717, 1.165) is 5.56 Å². The first-order chi connectivity index (χ1) is 14.0. The summed E-state index contributed by atoms with van der Waals surface area (Å²) in [5, 5.41) is 14.3. The number of ether oxygens (including phenoxy) is 2. The van der Waals surface area contributed by atoms with Gasteiger partial charge in [-0.25, -0.2) is 0 Å². The van der Waals surface area contributed by atoms with E-state index >= 15 is 0 Å². The van der Waals surface area contributed by atoms with E-state index in [0.29, 0.717) is 29.9 Å². The second kappa shape index (κ2) is 9.59. The first-order valence-corrected chi connectivity index (χ1v) is 9.24. The average molecular weight is 398 g/mol.